The first-order chi connectivity index (χ1) is 19.7. The molecule has 3 aromatic rings. The Morgan fingerprint density at radius 3 is 2.56 bits per heavy atom. The highest BCUT2D eigenvalue weighted by Crippen LogP contribution is 2.26. The fourth-order valence-electron chi connectivity index (χ4n) is 4.45. The number of anilines is 1. The molecule has 4 rings (SSSR count). The lowest BCUT2D eigenvalue weighted by Crippen LogP contribution is -2.49. The molecule has 0 fully saturated rings. The summed E-state index contributed by atoms with van der Waals surface area (Å²) in [6.07, 6.45) is 3.17. The number of rotatable bonds is 5. The van der Waals surface area contributed by atoms with Crippen LogP contribution in [0.5, 0.6) is 0 Å². The third kappa shape index (κ3) is 8.10. The summed E-state index contributed by atoms with van der Waals surface area (Å²) in [7, 11) is 0. The molecule has 3 heterocycles. The van der Waals surface area contributed by atoms with Gasteiger partial charge in [-0.25, -0.2) is 9.97 Å². The number of aromatic nitrogens is 2. The number of nitrogens with zero attached hydrogens (tertiary/aromatic N) is 2. The topological polar surface area (TPSA) is 168 Å². The Hall–Kier alpha value is -4.32. The molecule has 0 spiro atoms. The van der Waals surface area contributed by atoms with Crippen LogP contribution < -0.4 is 27.0 Å². The summed E-state index contributed by atoms with van der Waals surface area (Å²) in [6, 6.07) is 10.4. The van der Waals surface area contributed by atoms with E-state index in [1.54, 1.807) is 11.4 Å². The van der Waals surface area contributed by atoms with Gasteiger partial charge in [0.05, 0.1) is 11.6 Å². The van der Waals surface area contributed by atoms with Crippen LogP contribution in [-0.4, -0.2) is 52.2 Å². The van der Waals surface area contributed by atoms with Crippen molar-refractivity contribution in [3.8, 4) is 0 Å². The van der Waals surface area contributed by atoms with Gasteiger partial charge in [0.1, 0.15) is 28.6 Å². The second-order valence-corrected chi connectivity index (χ2v) is 11.2. The van der Waals surface area contributed by atoms with E-state index in [-0.39, 0.29) is 34.8 Å². The number of fused-ring (bicyclic) bond motifs is 2. The smallest absolute Gasteiger partial charge is 0.271 e. The number of thiazole rings is 1. The Morgan fingerprint density at radius 2 is 1.85 bits per heavy atom. The average Bonchev–Trinajstić information content (AvgIpc) is 3.45. The maximum absolute atomic E-state index is 13.5. The summed E-state index contributed by atoms with van der Waals surface area (Å²) in [5, 5.41) is 13.8. The van der Waals surface area contributed by atoms with Crippen LogP contribution in [-0.2, 0) is 16.0 Å². The summed E-state index contributed by atoms with van der Waals surface area (Å²) in [6.45, 7) is 4.23. The van der Waals surface area contributed by atoms with E-state index in [4.69, 9.17) is 5.73 Å². The van der Waals surface area contributed by atoms with Gasteiger partial charge in [0.25, 0.3) is 11.8 Å². The van der Waals surface area contributed by atoms with Gasteiger partial charge >= 0.3 is 0 Å². The molecule has 41 heavy (non-hydrogen) atoms. The van der Waals surface area contributed by atoms with Crippen LogP contribution in [0.15, 0.2) is 54.0 Å². The lowest BCUT2D eigenvalue weighted by atomic mass is 10.0. The SMILES string of the molecule is CC(C)[C@H]1NC(=O)[C@@H](NC(=O)c2ccc(N)nc2)CCCCNC(=O)[C@@H](Cc2ccccc2)NC(=O)c2csc1n2. The van der Waals surface area contributed by atoms with Gasteiger partial charge in [0.15, 0.2) is 0 Å². The minimum absolute atomic E-state index is 0.0471. The van der Waals surface area contributed by atoms with Gasteiger partial charge in [-0.05, 0) is 42.9 Å². The molecule has 0 aliphatic carbocycles. The molecule has 12 heteroatoms. The van der Waals surface area contributed by atoms with Gasteiger partial charge in [-0.2, -0.15) is 0 Å². The van der Waals surface area contributed by atoms with Crippen molar-refractivity contribution in [2.45, 2.75) is 57.7 Å². The van der Waals surface area contributed by atoms with Gasteiger partial charge in [-0.15, -0.1) is 11.3 Å². The van der Waals surface area contributed by atoms with Crippen LogP contribution in [0.1, 0.15) is 70.6 Å². The fourth-order valence-corrected chi connectivity index (χ4v) is 5.47. The van der Waals surface area contributed by atoms with E-state index in [0.717, 1.165) is 5.56 Å². The van der Waals surface area contributed by atoms with Crippen LogP contribution in [0.3, 0.4) is 0 Å². The maximum atomic E-state index is 13.5. The van der Waals surface area contributed by atoms with E-state index in [1.807, 2.05) is 44.2 Å². The molecule has 0 radical (unpaired) electrons. The van der Waals surface area contributed by atoms with Crippen molar-refractivity contribution in [1.29, 1.82) is 0 Å². The van der Waals surface area contributed by atoms with Crippen molar-refractivity contribution >= 4 is 40.8 Å². The molecular formula is C29H35N7O4S. The monoisotopic (exact) mass is 577 g/mol. The Balaban J connectivity index is 1.57. The maximum Gasteiger partial charge on any atom is 0.271 e. The molecule has 3 atom stereocenters. The van der Waals surface area contributed by atoms with Gasteiger partial charge < -0.3 is 27.0 Å². The molecule has 2 aromatic heterocycles. The van der Waals surface area contributed by atoms with Gasteiger partial charge in [0.2, 0.25) is 11.8 Å². The Bertz CT molecular complexity index is 1360. The number of carbonyl (C=O) groups is 4. The number of nitrogens with one attached hydrogen (secondary N) is 4. The van der Waals surface area contributed by atoms with Crippen LogP contribution in [0.25, 0.3) is 0 Å². The molecule has 0 saturated carbocycles. The molecule has 0 saturated heterocycles. The van der Waals surface area contributed by atoms with E-state index < -0.39 is 29.9 Å². The highest BCUT2D eigenvalue weighted by atomic mass is 32.1. The highest BCUT2D eigenvalue weighted by molar-refractivity contribution is 7.09. The molecule has 0 unspecified atom stereocenters. The van der Waals surface area contributed by atoms with E-state index >= 15 is 0 Å². The average molecular weight is 578 g/mol. The number of amides is 4. The lowest BCUT2D eigenvalue weighted by molar-refractivity contribution is -0.124. The molecular weight excluding hydrogens is 542 g/mol. The van der Waals surface area contributed by atoms with Gasteiger partial charge in [0, 0.05) is 24.5 Å². The number of carbonyl (C=O) groups excluding carboxylic acids is 4. The molecule has 216 valence electrons. The summed E-state index contributed by atoms with van der Waals surface area (Å²) >= 11 is 1.26. The zero-order valence-corrected chi connectivity index (χ0v) is 23.9. The number of pyridine rings is 1. The van der Waals surface area contributed by atoms with Crippen molar-refractivity contribution in [2.24, 2.45) is 5.92 Å². The fraction of sp³-hybridized carbons (Fsp3) is 0.379. The zero-order chi connectivity index (χ0) is 29.4. The molecule has 2 bridgehead atoms. The van der Waals surface area contributed by atoms with E-state index in [1.165, 1.54) is 23.6 Å². The summed E-state index contributed by atoms with van der Waals surface area (Å²) < 4.78 is 0. The number of nitrogen functional groups attached to an aromatic ring is 1. The predicted octanol–water partition coefficient (Wildman–Crippen LogP) is 2.37. The zero-order valence-electron chi connectivity index (χ0n) is 23.1. The second-order valence-electron chi connectivity index (χ2n) is 10.3. The third-order valence-corrected chi connectivity index (χ3v) is 7.71. The van der Waals surface area contributed by atoms with Crippen LogP contribution in [0.4, 0.5) is 5.82 Å². The first kappa shape index (κ1) is 29.7. The summed E-state index contributed by atoms with van der Waals surface area (Å²) in [5.74, 6) is -1.34. The first-order valence-electron chi connectivity index (χ1n) is 13.6. The third-order valence-electron chi connectivity index (χ3n) is 6.78. The number of hydrogen-bond donors (Lipinski definition) is 5. The largest absolute Gasteiger partial charge is 0.384 e. The molecule has 1 aliphatic rings. The second kappa shape index (κ2) is 13.8. The standard InChI is InChI=1S/C29H35N7O4S/c1-17(2)24-29-35-22(16-41-29)28(40)34-21(14-18-8-4-3-5-9-18)26(38)31-13-7-6-10-20(27(39)36-24)33-25(37)19-11-12-23(30)32-15-19/h3-5,8-9,11-12,15-17,20-21,24H,6-7,10,13-14H2,1-2H3,(H2,30,32)(H,31,38)(H,33,37)(H,34,40)(H,36,39)/t20-,21+,24+/m0/s1. The van der Waals surface area contributed by atoms with Crippen molar-refractivity contribution in [2.75, 3.05) is 12.3 Å². The van der Waals surface area contributed by atoms with Crippen molar-refractivity contribution < 1.29 is 19.2 Å². The normalized spacial score (nSPS) is 20.6. The van der Waals surface area contributed by atoms with Crippen LogP contribution in [0.2, 0.25) is 0 Å². The Labute approximate surface area is 242 Å². The molecule has 1 aromatic carbocycles. The predicted molar refractivity (Wildman–Crippen MR) is 156 cm³/mol. The van der Waals surface area contributed by atoms with Crippen LogP contribution in [0, 0.1) is 5.92 Å². The van der Waals surface area contributed by atoms with E-state index in [0.29, 0.717) is 37.2 Å². The molecule has 4 amide bonds. The summed E-state index contributed by atoms with van der Waals surface area (Å²) in [5.41, 5.74) is 7.00. The Morgan fingerprint density at radius 1 is 1.07 bits per heavy atom. The number of hydrogen-bond acceptors (Lipinski definition) is 8. The van der Waals surface area contributed by atoms with Crippen LogP contribution >= 0.6 is 11.3 Å². The molecule has 11 nitrogen and oxygen atoms in total. The van der Waals surface area contributed by atoms with Gasteiger partial charge in [-0.3, -0.25) is 19.2 Å². The minimum Gasteiger partial charge on any atom is -0.384 e. The minimum atomic E-state index is -0.835. The van der Waals surface area contributed by atoms with Gasteiger partial charge in [-0.1, -0.05) is 44.2 Å². The van der Waals surface area contributed by atoms with Crippen molar-refractivity contribution in [1.82, 2.24) is 31.2 Å². The quantitative estimate of drug-likeness (QED) is 0.310. The summed E-state index contributed by atoms with van der Waals surface area (Å²) in [4.78, 5) is 61.1. The lowest BCUT2D eigenvalue weighted by Gasteiger charge is -2.25. The first-order valence-corrected chi connectivity index (χ1v) is 14.5. The van der Waals surface area contributed by atoms with E-state index in [9.17, 15) is 19.2 Å². The molecule has 6 N–H and O–H groups in total. The Kier molecular flexibility index (Phi) is 10.0. The highest BCUT2D eigenvalue weighted by Gasteiger charge is 2.29. The number of benzene rings is 1. The number of nitrogens with two attached hydrogens (primary N) is 1. The molecule has 1 aliphatic heterocycles. The van der Waals surface area contributed by atoms with Crippen molar-refractivity contribution in [3.63, 3.8) is 0 Å². The van der Waals surface area contributed by atoms with Crippen molar-refractivity contribution in [3.05, 3.63) is 75.9 Å². The van der Waals surface area contributed by atoms with E-state index in [2.05, 4.69) is 31.2 Å².